The first-order valence-electron chi connectivity index (χ1n) is 12.9. The van der Waals surface area contributed by atoms with E-state index in [2.05, 4.69) is 21.6 Å². The molecule has 3 aromatic heterocycles. The quantitative estimate of drug-likeness (QED) is 0.205. The Balaban J connectivity index is 1.78. The molecule has 1 aliphatic heterocycles. The number of amides is 1. The average molecular weight is 566 g/mol. The Morgan fingerprint density at radius 3 is 2.54 bits per heavy atom. The van der Waals surface area contributed by atoms with Gasteiger partial charge >= 0.3 is 6.18 Å². The fraction of sp³-hybridized carbons (Fsp3) is 0.267. The molecule has 0 aliphatic carbocycles. The van der Waals surface area contributed by atoms with Gasteiger partial charge in [-0.05, 0) is 49.8 Å². The number of ether oxygens (including phenoxy) is 1. The molecule has 11 heteroatoms. The molecule has 7 nitrogen and oxygen atoms in total. The molecular formula is C30H27F4N5O2. The number of halogens is 4. The summed E-state index contributed by atoms with van der Waals surface area (Å²) < 4.78 is 65.0. The van der Waals surface area contributed by atoms with E-state index in [0.717, 1.165) is 23.4 Å². The molecule has 0 radical (unpaired) electrons. The Morgan fingerprint density at radius 1 is 1.10 bits per heavy atom. The molecule has 0 saturated heterocycles. The van der Waals surface area contributed by atoms with E-state index in [1.165, 1.54) is 35.3 Å². The van der Waals surface area contributed by atoms with Crippen LogP contribution in [0.2, 0.25) is 0 Å². The Kier molecular flexibility index (Phi) is 7.37. The molecule has 0 N–H and O–H groups in total. The van der Waals surface area contributed by atoms with Gasteiger partial charge in [0.25, 0.3) is 0 Å². The Bertz CT molecular complexity index is 1640. The van der Waals surface area contributed by atoms with Crippen LogP contribution in [-0.4, -0.2) is 43.2 Å². The van der Waals surface area contributed by atoms with Crippen molar-refractivity contribution < 1.29 is 27.1 Å². The van der Waals surface area contributed by atoms with E-state index in [4.69, 9.17) is 4.74 Å². The molecule has 5 rings (SSSR count). The van der Waals surface area contributed by atoms with E-state index in [1.54, 1.807) is 38.1 Å². The third-order valence-corrected chi connectivity index (χ3v) is 6.70. The highest BCUT2D eigenvalue weighted by molar-refractivity contribution is 5.88. The predicted octanol–water partition coefficient (Wildman–Crippen LogP) is 6.23. The zero-order chi connectivity index (χ0) is 29.5. The van der Waals surface area contributed by atoms with Crippen LogP contribution in [-0.2, 0) is 31.0 Å². The van der Waals surface area contributed by atoms with Crippen molar-refractivity contribution in [2.75, 3.05) is 6.54 Å². The molecule has 212 valence electrons. The van der Waals surface area contributed by atoms with Crippen molar-refractivity contribution in [3.63, 3.8) is 0 Å². The lowest BCUT2D eigenvalue weighted by Crippen LogP contribution is -2.35. The Hall–Kier alpha value is -4.54. The molecule has 1 amide bonds. The van der Waals surface area contributed by atoms with E-state index >= 15 is 0 Å². The molecule has 1 aliphatic rings. The van der Waals surface area contributed by atoms with Crippen molar-refractivity contribution >= 4 is 5.91 Å². The SMILES string of the molecule is C=CC(=O)N1CCc2ncc(-c3nc(-c4cnn(C)c4)c(C(F)(F)F)cc3-c3ccc(F)cc3OC(C)C)cc2C1. The highest BCUT2D eigenvalue weighted by Crippen LogP contribution is 2.44. The molecule has 41 heavy (non-hydrogen) atoms. The number of carbonyl (C=O) groups is 1. The van der Waals surface area contributed by atoms with Gasteiger partial charge in [0.05, 0.1) is 29.3 Å². The van der Waals surface area contributed by atoms with E-state index in [9.17, 15) is 22.4 Å². The van der Waals surface area contributed by atoms with Crippen LogP contribution in [0.1, 0.15) is 30.7 Å². The summed E-state index contributed by atoms with van der Waals surface area (Å²) in [6.45, 7) is 7.78. The normalized spacial score (nSPS) is 13.3. The summed E-state index contributed by atoms with van der Waals surface area (Å²) in [5.41, 5.74) is 1.40. The first-order valence-corrected chi connectivity index (χ1v) is 12.9. The monoisotopic (exact) mass is 565 g/mol. The number of alkyl halides is 3. The zero-order valence-electron chi connectivity index (χ0n) is 22.7. The second kappa shape index (κ2) is 10.8. The van der Waals surface area contributed by atoms with E-state index in [1.807, 2.05) is 0 Å². The summed E-state index contributed by atoms with van der Waals surface area (Å²) in [6.07, 6.45) is 0.956. The number of benzene rings is 1. The van der Waals surface area contributed by atoms with Crippen molar-refractivity contribution in [1.82, 2.24) is 24.6 Å². The summed E-state index contributed by atoms with van der Waals surface area (Å²) in [4.78, 5) is 23.0. The molecule has 0 bridgehead atoms. The number of aryl methyl sites for hydroxylation is 1. The van der Waals surface area contributed by atoms with Gasteiger partial charge in [-0.1, -0.05) is 6.58 Å². The van der Waals surface area contributed by atoms with Gasteiger partial charge in [0.1, 0.15) is 11.6 Å². The van der Waals surface area contributed by atoms with Gasteiger partial charge in [-0.25, -0.2) is 9.37 Å². The van der Waals surface area contributed by atoms with Gasteiger partial charge in [0.2, 0.25) is 5.91 Å². The number of aromatic nitrogens is 4. The van der Waals surface area contributed by atoms with Crippen LogP contribution in [0.15, 0.2) is 61.6 Å². The molecule has 0 atom stereocenters. The summed E-state index contributed by atoms with van der Waals surface area (Å²) in [7, 11) is 1.60. The molecule has 0 spiro atoms. The minimum atomic E-state index is -4.76. The third kappa shape index (κ3) is 5.70. The maximum Gasteiger partial charge on any atom is 0.418 e. The summed E-state index contributed by atoms with van der Waals surface area (Å²) in [5.74, 6) is -0.738. The maximum absolute atomic E-state index is 14.5. The number of pyridine rings is 2. The van der Waals surface area contributed by atoms with Gasteiger partial charge < -0.3 is 9.64 Å². The standard InChI is InChI=1S/C30H27F4N5O2/c1-5-27(40)39-9-8-25-19(16-39)10-18(13-35-25)28-23(22-7-6-21(31)11-26(22)41-17(2)3)12-24(30(32,33)34)29(37-28)20-14-36-38(4)15-20/h5-7,10-15,17H,1,8-9,16H2,2-4H3. The third-order valence-electron chi connectivity index (χ3n) is 6.70. The maximum atomic E-state index is 14.5. The van der Waals surface area contributed by atoms with Gasteiger partial charge in [-0.15, -0.1) is 0 Å². The van der Waals surface area contributed by atoms with Crippen LogP contribution < -0.4 is 4.74 Å². The molecule has 0 unspecified atom stereocenters. The predicted molar refractivity (Wildman–Crippen MR) is 145 cm³/mol. The van der Waals surface area contributed by atoms with Crippen molar-refractivity contribution in [2.24, 2.45) is 7.05 Å². The molecule has 4 aromatic rings. The van der Waals surface area contributed by atoms with E-state index < -0.39 is 17.6 Å². The number of fused-ring (bicyclic) bond motifs is 1. The smallest absolute Gasteiger partial charge is 0.418 e. The van der Waals surface area contributed by atoms with Gasteiger partial charge in [-0.3, -0.25) is 14.5 Å². The summed E-state index contributed by atoms with van der Waals surface area (Å²) in [5, 5.41) is 4.04. The lowest BCUT2D eigenvalue weighted by molar-refractivity contribution is -0.137. The van der Waals surface area contributed by atoms with Crippen molar-refractivity contribution in [2.45, 2.75) is 39.1 Å². The highest BCUT2D eigenvalue weighted by Gasteiger charge is 2.37. The zero-order valence-corrected chi connectivity index (χ0v) is 22.7. The second-order valence-electron chi connectivity index (χ2n) is 10.0. The van der Waals surface area contributed by atoms with Crippen LogP contribution in [0.25, 0.3) is 33.6 Å². The average Bonchev–Trinajstić information content (AvgIpc) is 3.36. The van der Waals surface area contributed by atoms with Crippen LogP contribution in [0.5, 0.6) is 5.75 Å². The molecule has 4 heterocycles. The topological polar surface area (TPSA) is 73.1 Å². The minimum absolute atomic E-state index is 0.0824. The van der Waals surface area contributed by atoms with E-state index in [0.29, 0.717) is 18.5 Å². The fourth-order valence-corrected chi connectivity index (χ4v) is 4.86. The first-order chi connectivity index (χ1) is 19.4. The number of nitrogens with zero attached hydrogens (tertiary/aromatic N) is 5. The van der Waals surface area contributed by atoms with Crippen LogP contribution >= 0.6 is 0 Å². The first kappa shape index (κ1) is 28.0. The summed E-state index contributed by atoms with van der Waals surface area (Å²) >= 11 is 0. The number of rotatable bonds is 6. The van der Waals surface area contributed by atoms with Gasteiger partial charge in [0, 0.05) is 73.0 Å². The summed E-state index contributed by atoms with van der Waals surface area (Å²) in [6, 6.07) is 6.49. The van der Waals surface area contributed by atoms with E-state index in [-0.39, 0.29) is 52.4 Å². The second-order valence-corrected chi connectivity index (χ2v) is 10.0. The van der Waals surface area contributed by atoms with Crippen LogP contribution in [0, 0.1) is 5.82 Å². The number of hydrogen-bond donors (Lipinski definition) is 0. The fourth-order valence-electron chi connectivity index (χ4n) is 4.86. The Labute approximate surface area is 234 Å². The van der Waals surface area contributed by atoms with Gasteiger partial charge in [-0.2, -0.15) is 18.3 Å². The lowest BCUT2D eigenvalue weighted by atomic mass is 9.93. The van der Waals surface area contributed by atoms with Crippen molar-refractivity contribution in [3.8, 4) is 39.4 Å². The number of carbonyl (C=O) groups excluding carboxylic acids is 1. The highest BCUT2D eigenvalue weighted by atomic mass is 19.4. The molecule has 1 aromatic carbocycles. The largest absolute Gasteiger partial charge is 0.490 e. The lowest BCUT2D eigenvalue weighted by Gasteiger charge is -2.28. The minimum Gasteiger partial charge on any atom is -0.490 e. The van der Waals surface area contributed by atoms with Crippen molar-refractivity contribution in [3.05, 3.63) is 84.2 Å². The molecular weight excluding hydrogens is 538 g/mol. The number of hydrogen-bond acceptors (Lipinski definition) is 5. The van der Waals surface area contributed by atoms with Crippen molar-refractivity contribution in [1.29, 1.82) is 0 Å². The Morgan fingerprint density at radius 2 is 1.88 bits per heavy atom. The molecule has 0 saturated carbocycles. The molecule has 0 fully saturated rings. The van der Waals surface area contributed by atoms with Crippen LogP contribution in [0.3, 0.4) is 0 Å². The van der Waals surface area contributed by atoms with Crippen LogP contribution in [0.4, 0.5) is 17.6 Å². The van der Waals surface area contributed by atoms with Gasteiger partial charge in [0.15, 0.2) is 0 Å².